The Morgan fingerprint density at radius 2 is 1.65 bits per heavy atom. The lowest BCUT2D eigenvalue weighted by atomic mass is 10.2. The Hall–Kier alpha value is -3.13. The lowest BCUT2D eigenvalue weighted by Crippen LogP contribution is -2.08. The summed E-state index contributed by atoms with van der Waals surface area (Å²) in [6.45, 7) is 0. The number of sulfone groups is 1. The van der Waals surface area contributed by atoms with Gasteiger partial charge in [0.2, 0.25) is 15.7 Å². The Labute approximate surface area is 146 Å². The van der Waals surface area contributed by atoms with Crippen molar-refractivity contribution in [2.45, 2.75) is 9.79 Å². The Morgan fingerprint density at radius 3 is 2.35 bits per heavy atom. The summed E-state index contributed by atoms with van der Waals surface area (Å²) in [7, 11) is -4.35. The largest absolute Gasteiger partial charge is 0.453 e. The molecule has 0 N–H and O–H groups in total. The highest BCUT2D eigenvalue weighted by Gasteiger charge is 2.31. The highest BCUT2D eigenvalue weighted by Crippen LogP contribution is 2.35. The molecule has 0 atom stereocenters. The molecule has 0 amide bonds. The fourth-order valence-electron chi connectivity index (χ4n) is 2.59. The van der Waals surface area contributed by atoms with Crippen molar-refractivity contribution in [1.29, 1.82) is 0 Å². The van der Waals surface area contributed by atoms with E-state index in [2.05, 4.69) is 9.97 Å². The minimum absolute atomic E-state index is 0.0924. The van der Waals surface area contributed by atoms with Crippen LogP contribution in [-0.4, -0.2) is 18.4 Å². The zero-order chi connectivity index (χ0) is 18.3. The molecule has 130 valence electrons. The molecule has 0 bridgehead atoms. The van der Waals surface area contributed by atoms with E-state index in [1.807, 2.05) is 0 Å². The molecule has 0 saturated carbocycles. The molecule has 0 unspecified atom stereocenters. The van der Waals surface area contributed by atoms with Gasteiger partial charge < -0.3 is 4.42 Å². The smallest absolute Gasteiger partial charge is 0.251 e. The van der Waals surface area contributed by atoms with Crippen LogP contribution in [0.2, 0.25) is 0 Å². The molecule has 4 rings (SSSR count). The van der Waals surface area contributed by atoms with Crippen molar-refractivity contribution in [3.8, 4) is 11.3 Å². The van der Waals surface area contributed by atoms with Gasteiger partial charge in [-0.1, -0.05) is 18.2 Å². The number of benzene rings is 1. The predicted molar refractivity (Wildman–Crippen MR) is 89.0 cm³/mol. The molecular formula is C18H10F2N2O3S. The quantitative estimate of drug-likeness (QED) is 0.508. The van der Waals surface area contributed by atoms with Gasteiger partial charge in [-0.15, -0.1) is 0 Å². The number of hydrogen-bond donors (Lipinski definition) is 0. The highest BCUT2D eigenvalue weighted by molar-refractivity contribution is 7.91. The first-order valence-corrected chi connectivity index (χ1v) is 8.96. The first-order valence-electron chi connectivity index (χ1n) is 7.47. The third-order valence-corrected chi connectivity index (χ3v) is 5.60. The summed E-state index contributed by atoms with van der Waals surface area (Å²) in [5, 5.41) is 0. The molecule has 5 nitrogen and oxygen atoms in total. The van der Waals surface area contributed by atoms with Crippen LogP contribution in [0.15, 0.2) is 75.1 Å². The molecule has 4 aromatic rings. The molecule has 0 aliphatic heterocycles. The third kappa shape index (κ3) is 2.55. The van der Waals surface area contributed by atoms with E-state index in [1.165, 1.54) is 42.7 Å². The number of fused-ring (bicyclic) bond motifs is 1. The Bertz CT molecular complexity index is 1210. The molecule has 0 spiro atoms. The number of nitrogens with zero attached hydrogens (tertiary/aromatic N) is 2. The Balaban J connectivity index is 2.03. The molecule has 0 fully saturated rings. The molecule has 0 saturated heterocycles. The van der Waals surface area contributed by atoms with E-state index in [-0.39, 0.29) is 21.8 Å². The highest BCUT2D eigenvalue weighted by atomic mass is 32.2. The lowest BCUT2D eigenvalue weighted by molar-refractivity contribution is 0.459. The van der Waals surface area contributed by atoms with Gasteiger partial charge in [-0.05, 0) is 24.3 Å². The van der Waals surface area contributed by atoms with E-state index >= 15 is 0 Å². The normalized spacial score (nSPS) is 11.8. The van der Waals surface area contributed by atoms with E-state index in [0.717, 1.165) is 0 Å². The number of halogens is 2. The van der Waals surface area contributed by atoms with E-state index in [9.17, 15) is 17.2 Å². The number of pyridine rings is 2. The van der Waals surface area contributed by atoms with Crippen molar-refractivity contribution < 1.29 is 21.6 Å². The van der Waals surface area contributed by atoms with Crippen LogP contribution in [0.1, 0.15) is 0 Å². The maximum atomic E-state index is 14.4. The van der Waals surface area contributed by atoms with Gasteiger partial charge in [-0.3, -0.25) is 4.98 Å². The zero-order valence-electron chi connectivity index (χ0n) is 13.1. The fraction of sp³-hybridized carbons (Fsp3) is 0. The molecule has 0 aliphatic carbocycles. The third-order valence-electron chi connectivity index (χ3n) is 3.80. The van der Waals surface area contributed by atoms with E-state index in [1.54, 1.807) is 18.2 Å². The molecule has 0 radical (unpaired) electrons. The second-order valence-corrected chi connectivity index (χ2v) is 7.31. The minimum atomic E-state index is -4.35. The van der Waals surface area contributed by atoms with Gasteiger partial charge >= 0.3 is 0 Å². The summed E-state index contributed by atoms with van der Waals surface area (Å²) in [6.07, 6.45) is 3.03. The molecule has 3 heterocycles. The summed E-state index contributed by atoms with van der Waals surface area (Å²) >= 11 is 0. The van der Waals surface area contributed by atoms with Crippen molar-refractivity contribution in [1.82, 2.24) is 9.97 Å². The van der Waals surface area contributed by atoms with Gasteiger partial charge in [0, 0.05) is 24.0 Å². The fourth-order valence-corrected chi connectivity index (χ4v) is 4.05. The number of hydrogen-bond acceptors (Lipinski definition) is 5. The van der Waals surface area contributed by atoms with E-state index < -0.39 is 26.5 Å². The summed E-state index contributed by atoms with van der Waals surface area (Å²) in [5.41, 5.74) is 0.145. The number of furan rings is 1. The van der Waals surface area contributed by atoms with Crippen LogP contribution >= 0.6 is 0 Å². The van der Waals surface area contributed by atoms with Crippen LogP contribution in [-0.2, 0) is 9.84 Å². The molecular weight excluding hydrogens is 362 g/mol. The van der Waals surface area contributed by atoms with Crippen molar-refractivity contribution in [3.05, 3.63) is 72.7 Å². The topological polar surface area (TPSA) is 73.1 Å². The Morgan fingerprint density at radius 1 is 0.962 bits per heavy atom. The second-order valence-electron chi connectivity index (χ2n) is 5.42. The average Bonchev–Trinajstić information content (AvgIpc) is 3.07. The van der Waals surface area contributed by atoms with Crippen molar-refractivity contribution in [3.63, 3.8) is 0 Å². The van der Waals surface area contributed by atoms with Gasteiger partial charge in [-0.25, -0.2) is 17.8 Å². The summed E-state index contributed by atoms with van der Waals surface area (Å²) in [6, 6.07) is 11.8. The van der Waals surface area contributed by atoms with Gasteiger partial charge in [0.05, 0.1) is 4.90 Å². The second kappa shape index (κ2) is 5.99. The van der Waals surface area contributed by atoms with Gasteiger partial charge in [0.15, 0.2) is 10.5 Å². The van der Waals surface area contributed by atoms with Crippen LogP contribution in [0.3, 0.4) is 0 Å². The van der Waals surface area contributed by atoms with Crippen LogP contribution in [0, 0.1) is 11.8 Å². The standard InChI is InChI=1S/C18H10F2N2O3S/c19-15-17(26(23,24)12-4-2-1-3-5-12)16-13(22-18(15)20)10-14(25-16)11-6-8-21-9-7-11/h1-10H. The zero-order valence-corrected chi connectivity index (χ0v) is 13.9. The molecule has 1 aromatic carbocycles. The van der Waals surface area contributed by atoms with Gasteiger partial charge in [0.1, 0.15) is 11.3 Å². The van der Waals surface area contributed by atoms with Crippen molar-refractivity contribution >= 4 is 20.9 Å². The Kier molecular flexibility index (Phi) is 3.77. The van der Waals surface area contributed by atoms with Crippen LogP contribution < -0.4 is 0 Å². The summed E-state index contributed by atoms with van der Waals surface area (Å²) < 4.78 is 59.7. The van der Waals surface area contributed by atoms with Crippen LogP contribution in [0.4, 0.5) is 8.78 Å². The molecule has 8 heteroatoms. The summed E-state index contributed by atoms with van der Waals surface area (Å²) in [5.74, 6) is -2.85. The first kappa shape index (κ1) is 16.3. The van der Waals surface area contributed by atoms with E-state index in [4.69, 9.17) is 4.42 Å². The maximum Gasteiger partial charge on any atom is 0.251 e. The first-order chi connectivity index (χ1) is 12.5. The van der Waals surface area contributed by atoms with Crippen molar-refractivity contribution in [2.24, 2.45) is 0 Å². The number of aromatic nitrogens is 2. The number of rotatable bonds is 3. The minimum Gasteiger partial charge on any atom is -0.453 e. The van der Waals surface area contributed by atoms with E-state index in [0.29, 0.717) is 5.56 Å². The SMILES string of the molecule is O=S(=O)(c1ccccc1)c1c(F)c(F)nc2cc(-c3ccncc3)oc12. The van der Waals surface area contributed by atoms with Gasteiger partial charge in [-0.2, -0.15) is 4.39 Å². The van der Waals surface area contributed by atoms with Crippen molar-refractivity contribution in [2.75, 3.05) is 0 Å². The molecule has 3 aromatic heterocycles. The molecule has 0 aliphatic rings. The maximum absolute atomic E-state index is 14.4. The van der Waals surface area contributed by atoms with Crippen LogP contribution in [0.25, 0.3) is 22.4 Å². The monoisotopic (exact) mass is 372 g/mol. The van der Waals surface area contributed by atoms with Gasteiger partial charge in [0.25, 0.3) is 5.95 Å². The van der Waals surface area contributed by atoms with Crippen LogP contribution in [0.5, 0.6) is 0 Å². The molecule has 26 heavy (non-hydrogen) atoms. The predicted octanol–water partition coefficient (Wildman–Crippen LogP) is 4.00. The lowest BCUT2D eigenvalue weighted by Gasteiger charge is -2.06. The summed E-state index contributed by atoms with van der Waals surface area (Å²) in [4.78, 5) is 6.31. The average molecular weight is 372 g/mol.